The maximum absolute atomic E-state index is 12.6. The molecule has 0 unspecified atom stereocenters. The maximum Gasteiger partial charge on any atom is 0.339 e. The van der Waals surface area contributed by atoms with Crippen molar-refractivity contribution in [1.82, 2.24) is 0 Å². The number of ketones is 1. The number of esters is 1. The molecule has 0 saturated heterocycles. The molecule has 0 saturated carbocycles. The molecule has 0 aromatic heterocycles. The quantitative estimate of drug-likeness (QED) is 0.457. The Bertz CT molecular complexity index is 1020. The summed E-state index contributed by atoms with van der Waals surface area (Å²) in [7, 11) is 4.55. The Labute approximate surface area is 162 Å². The predicted octanol–water partition coefficient (Wildman–Crippen LogP) is 3.91. The van der Waals surface area contributed by atoms with Crippen molar-refractivity contribution in [2.24, 2.45) is 0 Å². The second kappa shape index (κ2) is 8.43. The van der Waals surface area contributed by atoms with Crippen molar-refractivity contribution in [3.63, 3.8) is 0 Å². The number of fused-ring (bicyclic) bond motifs is 1. The summed E-state index contributed by atoms with van der Waals surface area (Å²) in [5, 5.41) is 1.49. The highest BCUT2D eigenvalue weighted by atomic mass is 16.5. The van der Waals surface area contributed by atoms with Crippen LogP contribution in [0.2, 0.25) is 0 Å². The maximum atomic E-state index is 12.6. The van der Waals surface area contributed by atoms with E-state index in [4.69, 9.17) is 18.9 Å². The molecule has 0 atom stereocenters. The van der Waals surface area contributed by atoms with E-state index in [0.29, 0.717) is 33.8 Å². The van der Waals surface area contributed by atoms with Gasteiger partial charge in [0.15, 0.2) is 6.61 Å². The number of benzene rings is 3. The number of carbonyl (C=O) groups excluding carboxylic acids is 2. The number of hydrogen-bond acceptors (Lipinski definition) is 6. The van der Waals surface area contributed by atoms with Gasteiger partial charge >= 0.3 is 5.97 Å². The molecule has 0 amide bonds. The van der Waals surface area contributed by atoms with Gasteiger partial charge in [0.2, 0.25) is 5.78 Å². The minimum absolute atomic E-state index is 0.315. The van der Waals surface area contributed by atoms with Crippen LogP contribution in [0.5, 0.6) is 17.2 Å². The Hall–Kier alpha value is -3.54. The highest BCUT2D eigenvalue weighted by molar-refractivity contribution is 6.07. The average molecular weight is 380 g/mol. The first kappa shape index (κ1) is 19.2. The molecule has 0 aliphatic rings. The van der Waals surface area contributed by atoms with Gasteiger partial charge in [-0.1, -0.05) is 24.3 Å². The normalized spacial score (nSPS) is 10.4. The van der Waals surface area contributed by atoms with Crippen LogP contribution >= 0.6 is 0 Å². The first-order valence-electron chi connectivity index (χ1n) is 8.57. The molecule has 0 N–H and O–H groups in total. The fraction of sp³-hybridized carbons (Fsp3) is 0.182. The smallest absolute Gasteiger partial charge is 0.339 e. The van der Waals surface area contributed by atoms with Crippen LogP contribution in [0.3, 0.4) is 0 Å². The second-order valence-electron chi connectivity index (χ2n) is 5.93. The first-order valence-corrected chi connectivity index (χ1v) is 8.57. The van der Waals surface area contributed by atoms with Gasteiger partial charge in [0.25, 0.3) is 0 Å². The van der Waals surface area contributed by atoms with Crippen molar-refractivity contribution < 1.29 is 28.5 Å². The fourth-order valence-electron chi connectivity index (χ4n) is 2.94. The SMILES string of the molecule is COc1ccc(C(=O)COC(=O)c2ccc(OC)c3ccccc23)c(OC)c1. The zero-order valence-corrected chi connectivity index (χ0v) is 15.9. The molecule has 0 aliphatic heterocycles. The molecule has 0 heterocycles. The van der Waals surface area contributed by atoms with Gasteiger partial charge in [-0.3, -0.25) is 4.79 Å². The van der Waals surface area contributed by atoms with Crippen LogP contribution < -0.4 is 14.2 Å². The highest BCUT2D eigenvalue weighted by Gasteiger charge is 2.18. The van der Waals surface area contributed by atoms with Crippen LogP contribution in [-0.2, 0) is 4.74 Å². The molecule has 6 nitrogen and oxygen atoms in total. The zero-order valence-electron chi connectivity index (χ0n) is 15.9. The van der Waals surface area contributed by atoms with Gasteiger partial charge in [0.05, 0.1) is 32.5 Å². The lowest BCUT2D eigenvalue weighted by atomic mass is 10.0. The van der Waals surface area contributed by atoms with Gasteiger partial charge in [-0.25, -0.2) is 4.79 Å². The minimum Gasteiger partial charge on any atom is -0.497 e. The van der Waals surface area contributed by atoms with E-state index in [0.717, 1.165) is 5.39 Å². The topological polar surface area (TPSA) is 71.1 Å². The van der Waals surface area contributed by atoms with E-state index in [1.54, 1.807) is 37.4 Å². The van der Waals surface area contributed by atoms with Crippen molar-refractivity contribution in [3.05, 3.63) is 65.7 Å². The summed E-state index contributed by atoms with van der Waals surface area (Å²) in [5.74, 6) is 0.627. The third-order valence-electron chi connectivity index (χ3n) is 4.37. The largest absolute Gasteiger partial charge is 0.497 e. The lowest BCUT2D eigenvalue weighted by Gasteiger charge is -2.11. The number of Topliss-reactive ketones (excluding diaryl/α,β-unsaturated/α-hetero) is 1. The Morgan fingerprint density at radius 2 is 1.43 bits per heavy atom. The molecule has 3 aromatic rings. The van der Waals surface area contributed by atoms with Gasteiger partial charge in [0.1, 0.15) is 17.2 Å². The molecule has 0 bridgehead atoms. The summed E-state index contributed by atoms with van der Waals surface area (Å²) in [6, 6.07) is 15.5. The van der Waals surface area contributed by atoms with E-state index >= 15 is 0 Å². The monoisotopic (exact) mass is 380 g/mol. The molecule has 0 aliphatic carbocycles. The number of ether oxygens (including phenoxy) is 4. The molecule has 0 fully saturated rings. The summed E-state index contributed by atoms with van der Waals surface area (Å²) >= 11 is 0. The lowest BCUT2D eigenvalue weighted by Crippen LogP contribution is -2.15. The fourth-order valence-corrected chi connectivity index (χ4v) is 2.94. The predicted molar refractivity (Wildman–Crippen MR) is 105 cm³/mol. The number of methoxy groups -OCH3 is 3. The lowest BCUT2D eigenvalue weighted by molar-refractivity contribution is 0.0476. The third-order valence-corrected chi connectivity index (χ3v) is 4.37. The van der Waals surface area contributed by atoms with Crippen LogP contribution in [0.25, 0.3) is 10.8 Å². The van der Waals surface area contributed by atoms with Gasteiger partial charge in [0, 0.05) is 11.5 Å². The number of carbonyl (C=O) groups is 2. The average Bonchev–Trinajstić information content (AvgIpc) is 2.75. The van der Waals surface area contributed by atoms with E-state index in [1.807, 2.05) is 24.3 Å². The summed E-state index contributed by atoms with van der Waals surface area (Å²) in [6.07, 6.45) is 0. The molecule has 3 aromatic carbocycles. The van der Waals surface area contributed by atoms with Crippen molar-refractivity contribution in [1.29, 1.82) is 0 Å². The molecule has 28 heavy (non-hydrogen) atoms. The minimum atomic E-state index is -0.584. The van der Waals surface area contributed by atoms with Gasteiger partial charge in [-0.05, 0) is 29.7 Å². The second-order valence-corrected chi connectivity index (χ2v) is 5.93. The van der Waals surface area contributed by atoms with Gasteiger partial charge in [-0.2, -0.15) is 0 Å². The highest BCUT2D eigenvalue weighted by Crippen LogP contribution is 2.29. The molecule has 144 valence electrons. The Kier molecular flexibility index (Phi) is 5.79. The number of rotatable bonds is 7. The summed E-state index contributed by atoms with van der Waals surface area (Å²) in [5.41, 5.74) is 0.682. The van der Waals surface area contributed by atoms with Crippen molar-refractivity contribution in [3.8, 4) is 17.2 Å². The molecule has 6 heteroatoms. The summed E-state index contributed by atoms with van der Waals surface area (Å²) in [6.45, 7) is -0.401. The third kappa shape index (κ3) is 3.76. The van der Waals surface area contributed by atoms with Crippen LogP contribution in [0, 0.1) is 0 Å². The Morgan fingerprint density at radius 3 is 2.11 bits per heavy atom. The zero-order chi connectivity index (χ0) is 20.1. The van der Waals surface area contributed by atoms with E-state index in [9.17, 15) is 9.59 Å². The first-order chi connectivity index (χ1) is 13.6. The molecule has 3 rings (SSSR count). The van der Waals surface area contributed by atoms with Crippen LogP contribution in [0.1, 0.15) is 20.7 Å². The van der Waals surface area contributed by atoms with Gasteiger partial charge < -0.3 is 18.9 Å². The van der Waals surface area contributed by atoms with Crippen molar-refractivity contribution in [2.45, 2.75) is 0 Å². The molecular weight excluding hydrogens is 360 g/mol. The van der Waals surface area contributed by atoms with Crippen LogP contribution in [0.15, 0.2) is 54.6 Å². The number of hydrogen-bond donors (Lipinski definition) is 0. The van der Waals surface area contributed by atoms with Crippen LogP contribution in [-0.4, -0.2) is 39.7 Å². The summed E-state index contributed by atoms with van der Waals surface area (Å²) in [4.78, 5) is 25.1. The van der Waals surface area contributed by atoms with E-state index in [1.165, 1.54) is 14.2 Å². The molecular formula is C22H20O6. The van der Waals surface area contributed by atoms with E-state index < -0.39 is 12.6 Å². The van der Waals surface area contributed by atoms with Gasteiger partial charge in [-0.15, -0.1) is 0 Å². The standard InChI is InChI=1S/C22H20O6/c1-25-14-8-9-18(21(12-14)27-3)19(23)13-28-22(24)17-10-11-20(26-2)16-7-5-4-6-15(16)17/h4-12H,13H2,1-3H3. The van der Waals surface area contributed by atoms with E-state index in [2.05, 4.69) is 0 Å². The van der Waals surface area contributed by atoms with Crippen molar-refractivity contribution >= 4 is 22.5 Å². The molecule has 0 spiro atoms. The van der Waals surface area contributed by atoms with Crippen molar-refractivity contribution in [2.75, 3.05) is 27.9 Å². The summed E-state index contributed by atoms with van der Waals surface area (Å²) < 4.78 is 20.9. The Balaban J connectivity index is 1.80. The Morgan fingerprint density at radius 1 is 0.750 bits per heavy atom. The van der Waals surface area contributed by atoms with Crippen LogP contribution in [0.4, 0.5) is 0 Å². The van der Waals surface area contributed by atoms with E-state index in [-0.39, 0.29) is 5.78 Å². The molecule has 0 radical (unpaired) electrons.